The van der Waals surface area contributed by atoms with E-state index in [1.807, 2.05) is 30.3 Å². The number of likely N-dealkylation sites (tertiary alicyclic amines) is 1. The maximum Gasteiger partial charge on any atom is 0.335 e. The fourth-order valence-electron chi connectivity index (χ4n) is 5.69. The largest absolute Gasteiger partial charge is 0.618 e. The van der Waals surface area contributed by atoms with Crippen molar-refractivity contribution in [1.82, 2.24) is 4.90 Å². The highest BCUT2D eigenvalue weighted by Gasteiger charge is 2.48. The minimum atomic E-state index is -1.02. The van der Waals surface area contributed by atoms with E-state index in [4.69, 9.17) is 16.3 Å². The molecule has 3 aromatic rings. The number of carboxylic acid groups (broad SMARTS) is 1. The average Bonchev–Trinajstić information content (AvgIpc) is 3.04. The predicted octanol–water partition coefficient (Wildman–Crippen LogP) is 5.01. The number of benzene rings is 2. The molecule has 38 heavy (non-hydrogen) atoms. The first-order chi connectivity index (χ1) is 18.1. The normalized spacial score (nSPS) is 21.7. The van der Waals surface area contributed by atoms with Crippen molar-refractivity contribution in [3.05, 3.63) is 105 Å². The molecule has 1 fully saturated rings. The summed E-state index contributed by atoms with van der Waals surface area (Å²) in [7, 11) is 0. The van der Waals surface area contributed by atoms with Gasteiger partial charge in [0.2, 0.25) is 5.69 Å². The van der Waals surface area contributed by atoms with Crippen molar-refractivity contribution in [3.8, 4) is 5.75 Å². The van der Waals surface area contributed by atoms with Crippen LogP contribution in [-0.4, -0.2) is 40.7 Å². The van der Waals surface area contributed by atoms with Crippen molar-refractivity contribution >= 4 is 23.1 Å². The van der Waals surface area contributed by atoms with Gasteiger partial charge in [0.25, 0.3) is 0 Å². The maximum atomic E-state index is 12.6. The third-order valence-electron chi connectivity index (χ3n) is 7.88. The van der Waals surface area contributed by atoms with E-state index in [2.05, 4.69) is 24.8 Å². The van der Waals surface area contributed by atoms with Crippen molar-refractivity contribution in [1.29, 1.82) is 0 Å². The zero-order valence-corrected chi connectivity index (χ0v) is 22.2. The van der Waals surface area contributed by atoms with E-state index in [0.717, 1.165) is 34.5 Å². The summed E-state index contributed by atoms with van der Waals surface area (Å²) < 4.78 is 6.72. The quantitative estimate of drug-likeness (QED) is 0.353. The Hall–Kier alpha value is -3.39. The van der Waals surface area contributed by atoms with Crippen LogP contribution in [0, 0.1) is 10.6 Å². The average molecular weight is 535 g/mol. The Labute approximate surface area is 227 Å². The molecule has 0 bridgehead atoms. The molecule has 0 unspecified atom stereocenters. The van der Waals surface area contributed by atoms with Gasteiger partial charge in [0.05, 0.1) is 16.7 Å². The lowest BCUT2D eigenvalue weighted by atomic mass is 9.66. The molecule has 0 radical (unpaired) electrons. The SMILES string of the molecule is CC1(C)CN(CC/C=C2/c3cc(C(=O)O)ccc3OCc3c2ccc[n+]3[O-])CC[C@]1(O)c1ccc(Cl)cc1. The molecule has 2 aromatic carbocycles. The Morgan fingerprint density at radius 2 is 1.95 bits per heavy atom. The number of nitrogens with zero attached hydrogens (tertiary/aromatic N) is 2. The summed E-state index contributed by atoms with van der Waals surface area (Å²) in [6.07, 6.45) is 4.77. The Kier molecular flexibility index (Phi) is 6.94. The second kappa shape index (κ2) is 10.1. The molecule has 2 aliphatic rings. The van der Waals surface area contributed by atoms with Crippen LogP contribution in [-0.2, 0) is 12.2 Å². The first-order valence-corrected chi connectivity index (χ1v) is 13.1. The number of piperidine rings is 1. The summed E-state index contributed by atoms with van der Waals surface area (Å²) in [6, 6.07) is 15.8. The lowest BCUT2D eigenvalue weighted by Crippen LogP contribution is -2.55. The van der Waals surface area contributed by atoms with E-state index < -0.39 is 17.0 Å². The topological polar surface area (TPSA) is 96.9 Å². The Balaban J connectivity index is 1.40. The number of ether oxygens (including phenoxy) is 1. The summed E-state index contributed by atoms with van der Waals surface area (Å²) >= 11 is 6.07. The van der Waals surface area contributed by atoms with Crippen LogP contribution in [0.4, 0.5) is 0 Å². The molecule has 1 saturated heterocycles. The molecule has 0 aliphatic carbocycles. The van der Waals surface area contributed by atoms with E-state index in [-0.39, 0.29) is 12.2 Å². The van der Waals surface area contributed by atoms with Gasteiger partial charge in [0.1, 0.15) is 5.75 Å². The Morgan fingerprint density at radius 3 is 2.66 bits per heavy atom. The first kappa shape index (κ1) is 26.2. The van der Waals surface area contributed by atoms with Gasteiger partial charge in [-0.05, 0) is 60.4 Å². The zero-order chi connectivity index (χ0) is 27.1. The van der Waals surface area contributed by atoms with E-state index in [0.29, 0.717) is 41.4 Å². The standard InChI is InChI=1S/C30H31ClN2O5/c1-29(2)19-32(16-13-30(29,36)21-8-10-22(31)11-9-21)14-3-5-23-24-6-4-15-33(37)26(24)18-38-27-12-7-20(28(34)35)17-25(23)27/h4-12,15,17,36H,3,13-14,16,18-19H2,1-2H3,(H,34,35)/b23-5+/t30-/m0/s1. The fraction of sp³-hybridized carbons (Fsp3) is 0.333. The highest BCUT2D eigenvalue weighted by Crippen LogP contribution is 2.46. The van der Waals surface area contributed by atoms with Gasteiger partial charge in [0.15, 0.2) is 12.8 Å². The van der Waals surface area contributed by atoms with E-state index >= 15 is 0 Å². The van der Waals surface area contributed by atoms with Gasteiger partial charge in [-0.1, -0.05) is 43.7 Å². The van der Waals surface area contributed by atoms with Crippen LogP contribution >= 0.6 is 11.6 Å². The number of pyridine rings is 1. The Bertz CT molecular complexity index is 1400. The molecular weight excluding hydrogens is 504 g/mol. The van der Waals surface area contributed by atoms with Crippen molar-refractivity contribution in [2.45, 2.75) is 38.9 Å². The smallest absolute Gasteiger partial charge is 0.335 e. The molecule has 5 rings (SSSR count). The second-order valence-electron chi connectivity index (χ2n) is 10.7. The molecule has 1 atom stereocenters. The third kappa shape index (κ3) is 4.77. The van der Waals surface area contributed by atoms with Crippen LogP contribution in [0.5, 0.6) is 5.75 Å². The van der Waals surface area contributed by atoms with E-state index in [1.54, 1.807) is 18.2 Å². The van der Waals surface area contributed by atoms with Gasteiger partial charge in [-0.3, -0.25) is 0 Å². The molecule has 0 spiro atoms. The zero-order valence-electron chi connectivity index (χ0n) is 21.5. The molecule has 2 aliphatic heterocycles. The summed E-state index contributed by atoms with van der Waals surface area (Å²) in [4.78, 5) is 14.0. The van der Waals surface area contributed by atoms with Crippen molar-refractivity contribution < 1.29 is 24.5 Å². The predicted molar refractivity (Wildman–Crippen MR) is 145 cm³/mol. The number of carboxylic acids is 1. The summed E-state index contributed by atoms with van der Waals surface area (Å²) in [5, 5.41) is 34.4. The number of fused-ring (bicyclic) bond motifs is 2. The van der Waals surface area contributed by atoms with Gasteiger partial charge < -0.3 is 25.1 Å². The van der Waals surface area contributed by atoms with E-state index in [1.165, 1.54) is 12.3 Å². The minimum Gasteiger partial charge on any atom is -0.618 e. The van der Waals surface area contributed by atoms with Gasteiger partial charge in [0, 0.05) is 41.7 Å². The molecule has 1 aromatic heterocycles. The van der Waals surface area contributed by atoms with Crippen LogP contribution in [0.15, 0.2) is 66.9 Å². The summed E-state index contributed by atoms with van der Waals surface area (Å²) in [6.45, 7) is 6.45. The molecule has 8 heteroatoms. The number of hydrogen-bond donors (Lipinski definition) is 2. The van der Waals surface area contributed by atoms with Crippen LogP contribution in [0.3, 0.4) is 0 Å². The van der Waals surface area contributed by atoms with Crippen LogP contribution in [0.2, 0.25) is 5.02 Å². The Morgan fingerprint density at radius 1 is 1.18 bits per heavy atom. The lowest BCUT2D eigenvalue weighted by molar-refractivity contribution is -0.616. The number of rotatable bonds is 5. The number of hydrogen-bond acceptors (Lipinski definition) is 5. The molecule has 3 heterocycles. The van der Waals surface area contributed by atoms with Crippen LogP contribution < -0.4 is 9.47 Å². The second-order valence-corrected chi connectivity index (χ2v) is 11.1. The van der Waals surface area contributed by atoms with Crippen molar-refractivity contribution in [2.24, 2.45) is 5.41 Å². The number of halogens is 1. The van der Waals surface area contributed by atoms with Crippen molar-refractivity contribution in [2.75, 3.05) is 19.6 Å². The number of carbonyl (C=O) groups is 1. The van der Waals surface area contributed by atoms with Crippen LogP contribution in [0.25, 0.3) is 5.57 Å². The monoisotopic (exact) mass is 534 g/mol. The molecule has 7 nitrogen and oxygen atoms in total. The lowest BCUT2D eigenvalue weighted by Gasteiger charge is -2.50. The minimum absolute atomic E-state index is 0.0972. The number of aromatic carboxylic acids is 1. The van der Waals surface area contributed by atoms with Gasteiger partial charge in [-0.15, -0.1) is 0 Å². The fourth-order valence-corrected chi connectivity index (χ4v) is 5.82. The molecular formula is C30H31ClN2O5. The highest BCUT2D eigenvalue weighted by molar-refractivity contribution is 6.30. The number of aliphatic hydroxyl groups is 1. The summed E-state index contributed by atoms with van der Waals surface area (Å²) in [5.74, 6) is -0.475. The molecule has 0 amide bonds. The maximum absolute atomic E-state index is 12.6. The first-order valence-electron chi connectivity index (χ1n) is 12.7. The molecule has 2 N–H and O–H groups in total. The molecule has 198 valence electrons. The van der Waals surface area contributed by atoms with Crippen LogP contribution in [0.1, 0.15) is 59.4 Å². The summed E-state index contributed by atoms with van der Waals surface area (Å²) in [5.41, 5.74) is 2.34. The van der Waals surface area contributed by atoms with E-state index in [9.17, 15) is 20.2 Å². The van der Waals surface area contributed by atoms with Gasteiger partial charge in [-0.25, -0.2) is 4.79 Å². The number of aromatic nitrogens is 1. The van der Waals surface area contributed by atoms with Crippen molar-refractivity contribution in [3.63, 3.8) is 0 Å². The van der Waals surface area contributed by atoms with Gasteiger partial charge >= 0.3 is 5.97 Å². The highest BCUT2D eigenvalue weighted by atomic mass is 35.5. The van der Waals surface area contributed by atoms with Gasteiger partial charge in [-0.2, -0.15) is 4.73 Å². The molecule has 0 saturated carbocycles. The third-order valence-corrected chi connectivity index (χ3v) is 8.13.